The Bertz CT molecular complexity index is 922. The number of aromatic nitrogens is 4. The maximum absolute atomic E-state index is 12.4. The van der Waals surface area contributed by atoms with E-state index in [4.69, 9.17) is 4.74 Å². The molecule has 126 valence electrons. The van der Waals surface area contributed by atoms with Crippen molar-refractivity contribution in [3.8, 4) is 0 Å². The molecule has 1 aliphatic rings. The summed E-state index contributed by atoms with van der Waals surface area (Å²) in [6, 6.07) is 5.82. The summed E-state index contributed by atoms with van der Waals surface area (Å²) in [7, 11) is 1.65. The molecule has 1 fully saturated rings. The van der Waals surface area contributed by atoms with Crippen LogP contribution in [0.25, 0.3) is 16.7 Å². The fourth-order valence-electron chi connectivity index (χ4n) is 3.44. The van der Waals surface area contributed by atoms with Crippen LogP contribution in [-0.4, -0.2) is 39.8 Å². The maximum Gasteiger partial charge on any atom is 0.260 e. The predicted molar refractivity (Wildman–Crippen MR) is 92.5 cm³/mol. The summed E-state index contributed by atoms with van der Waals surface area (Å²) in [5.74, 6) is 1.30. The van der Waals surface area contributed by atoms with Crippen LogP contribution in [0.5, 0.6) is 0 Å². The van der Waals surface area contributed by atoms with Crippen molar-refractivity contribution in [3.63, 3.8) is 0 Å². The van der Waals surface area contributed by atoms with Gasteiger partial charge in [-0.05, 0) is 30.5 Å². The van der Waals surface area contributed by atoms with Crippen molar-refractivity contribution in [2.45, 2.75) is 32.3 Å². The lowest BCUT2D eigenvalue weighted by Crippen LogP contribution is -2.26. The van der Waals surface area contributed by atoms with E-state index >= 15 is 0 Å². The van der Waals surface area contributed by atoms with Crippen LogP contribution in [0.4, 0.5) is 5.95 Å². The SMILES string of the molecule is COCc1ccc2c(c1)c(=O)[nH]c1nnc(N3CCCCCC3)n12. The topological polar surface area (TPSA) is 75.5 Å². The van der Waals surface area contributed by atoms with E-state index in [1.807, 2.05) is 22.6 Å². The number of methoxy groups -OCH3 is 1. The van der Waals surface area contributed by atoms with E-state index in [2.05, 4.69) is 20.1 Å². The van der Waals surface area contributed by atoms with Gasteiger partial charge in [0.25, 0.3) is 5.56 Å². The minimum atomic E-state index is -0.148. The highest BCUT2D eigenvalue weighted by Crippen LogP contribution is 2.22. The van der Waals surface area contributed by atoms with Gasteiger partial charge in [0.05, 0.1) is 17.5 Å². The van der Waals surface area contributed by atoms with Crippen molar-refractivity contribution in [1.82, 2.24) is 19.6 Å². The Balaban J connectivity index is 1.91. The Morgan fingerprint density at radius 1 is 1.17 bits per heavy atom. The summed E-state index contributed by atoms with van der Waals surface area (Å²) in [6.45, 7) is 2.43. The molecule has 1 N–H and O–H groups in total. The molecule has 0 atom stereocenters. The van der Waals surface area contributed by atoms with E-state index in [0.29, 0.717) is 17.8 Å². The summed E-state index contributed by atoms with van der Waals surface area (Å²) in [4.78, 5) is 17.5. The Kier molecular flexibility index (Phi) is 3.93. The molecule has 0 spiro atoms. The zero-order chi connectivity index (χ0) is 16.5. The second-order valence-electron chi connectivity index (χ2n) is 6.30. The molecule has 3 aromatic rings. The fraction of sp³-hybridized carbons (Fsp3) is 0.471. The van der Waals surface area contributed by atoms with Crippen LogP contribution < -0.4 is 10.5 Å². The van der Waals surface area contributed by atoms with Crippen molar-refractivity contribution in [3.05, 3.63) is 34.1 Å². The lowest BCUT2D eigenvalue weighted by atomic mass is 10.1. The molecule has 1 aromatic carbocycles. The van der Waals surface area contributed by atoms with Crippen LogP contribution in [0.3, 0.4) is 0 Å². The van der Waals surface area contributed by atoms with Crippen LogP contribution in [0.15, 0.2) is 23.0 Å². The molecule has 0 radical (unpaired) electrons. The number of ether oxygens (including phenoxy) is 1. The van der Waals surface area contributed by atoms with Gasteiger partial charge in [0.1, 0.15) is 0 Å². The van der Waals surface area contributed by atoms with Gasteiger partial charge in [-0.3, -0.25) is 9.78 Å². The van der Waals surface area contributed by atoms with Gasteiger partial charge in [-0.1, -0.05) is 18.9 Å². The number of benzene rings is 1. The van der Waals surface area contributed by atoms with Crippen molar-refractivity contribution in [1.29, 1.82) is 0 Å². The highest BCUT2D eigenvalue weighted by atomic mass is 16.5. The summed E-state index contributed by atoms with van der Waals surface area (Å²) < 4.78 is 7.13. The first-order valence-electron chi connectivity index (χ1n) is 8.42. The number of anilines is 1. The van der Waals surface area contributed by atoms with Gasteiger partial charge < -0.3 is 9.64 Å². The van der Waals surface area contributed by atoms with Crippen molar-refractivity contribution >= 4 is 22.6 Å². The Morgan fingerprint density at radius 2 is 1.96 bits per heavy atom. The molecule has 4 rings (SSSR count). The van der Waals surface area contributed by atoms with E-state index in [0.717, 1.165) is 43.0 Å². The number of fused-ring (bicyclic) bond motifs is 3. The number of rotatable bonds is 3. The summed E-state index contributed by atoms with van der Waals surface area (Å²) >= 11 is 0. The monoisotopic (exact) mass is 327 g/mol. The molecule has 1 saturated heterocycles. The highest BCUT2D eigenvalue weighted by molar-refractivity contribution is 5.82. The molecular formula is C17H21N5O2. The average molecular weight is 327 g/mol. The molecule has 0 bridgehead atoms. The van der Waals surface area contributed by atoms with Crippen LogP contribution in [0.2, 0.25) is 0 Å². The van der Waals surface area contributed by atoms with Crippen LogP contribution in [-0.2, 0) is 11.3 Å². The third-order valence-corrected chi connectivity index (χ3v) is 4.62. The molecule has 7 nitrogen and oxygen atoms in total. The zero-order valence-corrected chi connectivity index (χ0v) is 13.8. The highest BCUT2D eigenvalue weighted by Gasteiger charge is 2.18. The largest absolute Gasteiger partial charge is 0.380 e. The Labute approximate surface area is 139 Å². The van der Waals surface area contributed by atoms with Crippen molar-refractivity contribution in [2.24, 2.45) is 0 Å². The molecule has 0 aliphatic carbocycles. The lowest BCUT2D eigenvalue weighted by molar-refractivity contribution is 0.185. The Morgan fingerprint density at radius 3 is 2.71 bits per heavy atom. The molecule has 7 heteroatoms. The normalized spacial score (nSPS) is 16.0. The van der Waals surface area contributed by atoms with Gasteiger partial charge in [0, 0.05) is 20.2 Å². The molecular weight excluding hydrogens is 306 g/mol. The van der Waals surface area contributed by atoms with E-state index in [1.165, 1.54) is 12.8 Å². The summed E-state index contributed by atoms with van der Waals surface area (Å²) in [6.07, 6.45) is 4.83. The van der Waals surface area contributed by atoms with E-state index < -0.39 is 0 Å². The number of nitrogens with zero attached hydrogens (tertiary/aromatic N) is 4. The van der Waals surface area contributed by atoms with Gasteiger partial charge in [-0.25, -0.2) is 4.40 Å². The predicted octanol–water partition coefficient (Wildman–Crippen LogP) is 2.10. The standard InChI is InChI=1S/C17H21N5O2/c1-24-11-12-6-7-14-13(10-12)15(23)18-16-19-20-17(22(14)16)21-8-4-2-3-5-9-21/h6-7,10H,2-5,8-9,11H2,1H3,(H,18,19,23). The van der Waals surface area contributed by atoms with Crippen LogP contribution in [0, 0.1) is 0 Å². The third-order valence-electron chi connectivity index (χ3n) is 4.62. The second-order valence-corrected chi connectivity index (χ2v) is 6.30. The first kappa shape index (κ1) is 15.1. The second kappa shape index (κ2) is 6.24. The average Bonchev–Trinajstić information content (AvgIpc) is 2.82. The first-order valence-corrected chi connectivity index (χ1v) is 8.42. The minimum absolute atomic E-state index is 0.148. The minimum Gasteiger partial charge on any atom is -0.380 e. The smallest absolute Gasteiger partial charge is 0.260 e. The molecule has 24 heavy (non-hydrogen) atoms. The van der Waals surface area contributed by atoms with E-state index in [1.54, 1.807) is 7.11 Å². The molecule has 1 aliphatic heterocycles. The number of nitrogens with one attached hydrogen (secondary N) is 1. The number of hydrogen-bond acceptors (Lipinski definition) is 5. The molecule has 0 saturated carbocycles. The number of hydrogen-bond donors (Lipinski definition) is 1. The quantitative estimate of drug-likeness (QED) is 0.797. The summed E-state index contributed by atoms with van der Waals surface area (Å²) in [5, 5.41) is 9.17. The van der Waals surface area contributed by atoms with Gasteiger partial charge in [0.2, 0.25) is 11.7 Å². The van der Waals surface area contributed by atoms with Crippen LogP contribution >= 0.6 is 0 Å². The third kappa shape index (κ3) is 2.54. The van der Waals surface area contributed by atoms with Gasteiger partial charge in [-0.15, -0.1) is 10.2 Å². The van der Waals surface area contributed by atoms with Gasteiger partial charge in [-0.2, -0.15) is 0 Å². The molecule has 2 aromatic heterocycles. The number of aromatic amines is 1. The van der Waals surface area contributed by atoms with Gasteiger partial charge in [0.15, 0.2) is 0 Å². The zero-order valence-electron chi connectivity index (χ0n) is 13.8. The Hall–Kier alpha value is -2.41. The summed E-state index contributed by atoms with van der Waals surface area (Å²) in [5.41, 5.74) is 1.65. The maximum atomic E-state index is 12.4. The van der Waals surface area contributed by atoms with Crippen molar-refractivity contribution in [2.75, 3.05) is 25.1 Å². The molecule has 0 unspecified atom stereocenters. The lowest BCUT2D eigenvalue weighted by Gasteiger charge is -2.20. The van der Waals surface area contributed by atoms with Gasteiger partial charge >= 0.3 is 0 Å². The van der Waals surface area contributed by atoms with Crippen LogP contribution in [0.1, 0.15) is 31.2 Å². The van der Waals surface area contributed by atoms with E-state index in [-0.39, 0.29) is 5.56 Å². The first-order chi connectivity index (χ1) is 11.8. The van der Waals surface area contributed by atoms with E-state index in [9.17, 15) is 4.79 Å². The molecule has 3 heterocycles. The van der Waals surface area contributed by atoms with Crippen molar-refractivity contribution < 1.29 is 4.74 Å². The number of H-pyrrole nitrogens is 1. The fourth-order valence-corrected chi connectivity index (χ4v) is 3.44. The molecule has 0 amide bonds.